The molecule has 0 aromatic carbocycles. The summed E-state index contributed by atoms with van der Waals surface area (Å²) in [4.78, 5) is 0. The molecule has 1 aliphatic carbocycles. The lowest BCUT2D eigenvalue weighted by Gasteiger charge is -2.14. The first kappa shape index (κ1) is 10.9. The van der Waals surface area contributed by atoms with Gasteiger partial charge in [-0.05, 0) is 0 Å². The van der Waals surface area contributed by atoms with Crippen LogP contribution in [0.25, 0.3) is 0 Å². The van der Waals surface area contributed by atoms with Crippen molar-refractivity contribution >= 4 is 27.5 Å². The van der Waals surface area contributed by atoms with Gasteiger partial charge in [0.05, 0.1) is 0 Å². The van der Waals surface area contributed by atoms with E-state index >= 15 is 0 Å². The van der Waals surface area contributed by atoms with Gasteiger partial charge >= 0.3 is 0 Å². The van der Waals surface area contributed by atoms with Crippen LogP contribution in [0.3, 0.4) is 0 Å². The van der Waals surface area contributed by atoms with E-state index in [1.54, 1.807) is 0 Å². The van der Waals surface area contributed by atoms with E-state index in [1.807, 2.05) is 0 Å². The third-order valence-electron chi connectivity index (χ3n) is 2.94. The summed E-state index contributed by atoms with van der Waals surface area (Å²) in [6.07, 6.45) is 13.5. The Bertz CT molecular complexity index is 96.0. The van der Waals surface area contributed by atoms with E-state index in [1.165, 1.54) is 62.9 Å². The third kappa shape index (κ3) is 4.73. The van der Waals surface area contributed by atoms with E-state index in [9.17, 15) is 0 Å². The van der Waals surface area contributed by atoms with Crippen LogP contribution < -0.4 is 0 Å². The van der Waals surface area contributed by atoms with E-state index in [-0.39, 0.29) is 0 Å². The molecule has 0 aromatic heterocycles. The summed E-state index contributed by atoms with van der Waals surface area (Å²) in [6, 6.07) is 0. The molecule has 1 aliphatic rings. The maximum atomic E-state index is 2.56. The van der Waals surface area contributed by atoms with Crippen molar-refractivity contribution in [1.29, 1.82) is 0 Å². The standard InChI is InChI=1S/C10H20BI/c12-11-10-8-6-4-2-1-3-5-7-9-10/h10-11H,1-9H2. The molecular formula is C10H20BI. The highest BCUT2D eigenvalue weighted by atomic mass is 127. The van der Waals surface area contributed by atoms with Gasteiger partial charge in [0.1, 0.15) is 0 Å². The van der Waals surface area contributed by atoms with Gasteiger partial charge in [0.15, 0.2) is 0 Å². The van der Waals surface area contributed by atoms with Crippen LogP contribution in [-0.4, -0.2) is 5.14 Å². The van der Waals surface area contributed by atoms with Crippen molar-refractivity contribution in [1.82, 2.24) is 0 Å². The highest BCUT2D eigenvalue weighted by molar-refractivity contribution is 14.1. The van der Waals surface area contributed by atoms with Crippen molar-refractivity contribution in [3.05, 3.63) is 0 Å². The van der Waals surface area contributed by atoms with Crippen LogP contribution in [0.5, 0.6) is 0 Å². The zero-order valence-corrected chi connectivity index (χ0v) is 10.2. The Labute approximate surface area is 91.0 Å². The molecule has 0 heterocycles. The maximum absolute atomic E-state index is 2.56. The van der Waals surface area contributed by atoms with Gasteiger partial charge in [-0.15, -0.1) is 0 Å². The molecule has 0 aliphatic heterocycles. The lowest BCUT2D eigenvalue weighted by Crippen LogP contribution is -1.99. The average Bonchev–Trinajstić information content (AvgIpc) is 2.14. The summed E-state index contributed by atoms with van der Waals surface area (Å²) in [7, 11) is 0. The maximum Gasteiger partial charge on any atom is 0.203 e. The molecule has 1 saturated carbocycles. The van der Waals surface area contributed by atoms with Gasteiger partial charge in [-0.3, -0.25) is 0 Å². The molecule has 0 amide bonds. The minimum Gasteiger partial charge on any atom is -0.155 e. The number of halogens is 1. The van der Waals surface area contributed by atoms with Gasteiger partial charge in [-0.25, -0.2) is 0 Å². The molecule has 70 valence electrons. The SMILES string of the molecule is IBC1CCCCCCCCC1. The quantitative estimate of drug-likeness (QED) is 0.500. The minimum atomic E-state index is 1.05. The number of hydrogen-bond donors (Lipinski definition) is 0. The molecule has 2 heteroatoms. The molecule has 0 N–H and O–H groups in total. The number of rotatable bonds is 1. The lowest BCUT2D eigenvalue weighted by molar-refractivity contribution is 0.504. The summed E-state index contributed by atoms with van der Waals surface area (Å²) in [5.74, 6) is 1.05. The van der Waals surface area contributed by atoms with Gasteiger partial charge in [-0.2, -0.15) is 22.4 Å². The topological polar surface area (TPSA) is 0 Å². The van der Waals surface area contributed by atoms with Crippen LogP contribution in [0, 0.1) is 0 Å². The third-order valence-corrected chi connectivity index (χ3v) is 4.19. The van der Waals surface area contributed by atoms with Crippen molar-refractivity contribution in [2.75, 3.05) is 0 Å². The van der Waals surface area contributed by atoms with E-state index in [0.717, 1.165) is 5.82 Å². The molecule has 0 aromatic rings. The van der Waals surface area contributed by atoms with Crippen molar-refractivity contribution in [2.45, 2.75) is 63.6 Å². The van der Waals surface area contributed by atoms with E-state index < -0.39 is 0 Å². The molecule has 0 saturated heterocycles. The first-order valence-electron chi connectivity index (χ1n) is 5.49. The molecule has 0 unspecified atom stereocenters. The fourth-order valence-electron chi connectivity index (χ4n) is 2.05. The van der Waals surface area contributed by atoms with Gasteiger partial charge in [-0.1, -0.05) is 63.6 Å². The molecule has 12 heavy (non-hydrogen) atoms. The fraction of sp³-hybridized carbons (Fsp3) is 1.00. The lowest BCUT2D eigenvalue weighted by atomic mass is 9.78. The first-order chi connectivity index (χ1) is 5.93. The molecule has 1 rings (SSSR count). The Morgan fingerprint density at radius 2 is 1.17 bits per heavy atom. The predicted octanol–water partition coefficient (Wildman–Crippen LogP) is 4.09. The predicted molar refractivity (Wildman–Crippen MR) is 66.5 cm³/mol. The molecular weight excluding hydrogens is 258 g/mol. The van der Waals surface area contributed by atoms with Crippen molar-refractivity contribution in [3.63, 3.8) is 0 Å². The Hall–Kier alpha value is 0.795. The molecule has 1 fully saturated rings. The van der Waals surface area contributed by atoms with Crippen LogP contribution in [0.4, 0.5) is 0 Å². The van der Waals surface area contributed by atoms with E-state index in [4.69, 9.17) is 0 Å². The summed E-state index contributed by atoms with van der Waals surface area (Å²) in [6.45, 7) is 0. The summed E-state index contributed by atoms with van der Waals surface area (Å²) >= 11 is 2.56. The second kappa shape index (κ2) is 7.22. The van der Waals surface area contributed by atoms with Crippen molar-refractivity contribution in [2.24, 2.45) is 0 Å². The van der Waals surface area contributed by atoms with Crippen molar-refractivity contribution in [3.8, 4) is 0 Å². The highest BCUT2D eigenvalue weighted by Crippen LogP contribution is 2.25. The van der Waals surface area contributed by atoms with Gasteiger partial charge in [0.25, 0.3) is 0 Å². The molecule has 0 atom stereocenters. The van der Waals surface area contributed by atoms with Crippen LogP contribution in [0.15, 0.2) is 0 Å². The van der Waals surface area contributed by atoms with Gasteiger partial charge in [0.2, 0.25) is 5.14 Å². The largest absolute Gasteiger partial charge is 0.203 e. The molecule has 0 spiro atoms. The van der Waals surface area contributed by atoms with Gasteiger partial charge in [0, 0.05) is 0 Å². The van der Waals surface area contributed by atoms with Crippen LogP contribution in [0.1, 0.15) is 57.8 Å². The zero-order chi connectivity index (χ0) is 8.65. The average molecular weight is 278 g/mol. The molecule has 0 nitrogen and oxygen atoms in total. The Kier molecular flexibility index (Phi) is 6.54. The van der Waals surface area contributed by atoms with Crippen molar-refractivity contribution < 1.29 is 0 Å². The monoisotopic (exact) mass is 278 g/mol. The van der Waals surface area contributed by atoms with E-state index in [2.05, 4.69) is 22.4 Å². The second-order valence-corrected chi connectivity index (χ2v) is 4.95. The molecule has 0 bridgehead atoms. The Morgan fingerprint density at radius 1 is 0.750 bits per heavy atom. The van der Waals surface area contributed by atoms with Gasteiger partial charge < -0.3 is 0 Å². The first-order valence-corrected chi connectivity index (χ1v) is 7.02. The summed E-state index contributed by atoms with van der Waals surface area (Å²) < 4.78 is 0. The highest BCUT2D eigenvalue weighted by Gasteiger charge is 2.08. The summed E-state index contributed by atoms with van der Waals surface area (Å²) in [5.41, 5.74) is 0. The smallest absolute Gasteiger partial charge is 0.155 e. The minimum absolute atomic E-state index is 1.05. The Morgan fingerprint density at radius 3 is 1.58 bits per heavy atom. The van der Waals surface area contributed by atoms with Crippen LogP contribution in [-0.2, 0) is 0 Å². The molecule has 0 radical (unpaired) electrons. The van der Waals surface area contributed by atoms with Crippen LogP contribution in [0.2, 0.25) is 5.82 Å². The second-order valence-electron chi connectivity index (χ2n) is 4.07. The normalized spacial score (nSPS) is 23.4. The summed E-state index contributed by atoms with van der Waals surface area (Å²) in [5, 5.41) is 1.39. The number of hydrogen-bond acceptors (Lipinski definition) is 0. The Balaban J connectivity index is 2.17. The fourth-order valence-corrected chi connectivity index (χ4v) is 2.93. The van der Waals surface area contributed by atoms with Crippen LogP contribution >= 0.6 is 22.4 Å². The van der Waals surface area contributed by atoms with E-state index in [0.29, 0.717) is 0 Å². The zero-order valence-electron chi connectivity index (χ0n) is 8.03.